The van der Waals surface area contributed by atoms with E-state index in [0.29, 0.717) is 30.9 Å². The van der Waals surface area contributed by atoms with E-state index in [0.717, 1.165) is 19.3 Å². The van der Waals surface area contributed by atoms with Gasteiger partial charge in [0.1, 0.15) is 18.1 Å². The molecule has 2 saturated heterocycles. The summed E-state index contributed by atoms with van der Waals surface area (Å²) < 4.78 is 36.9. The van der Waals surface area contributed by atoms with Gasteiger partial charge in [0.05, 0.1) is 29.4 Å². The van der Waals surface area contributed by atoms with Crippen molar-refractivity contribution in [2.45, 2.75) is 141 Å². The minimum absolute atomic E-state index is 0.0325. The SMILES string of the molecule is CO[C@]1(C)C[C@@H](C)CN[C@H](CC2CC(NC(=O)OC(C)(C)C)C2)COC(=O)C(C)C(=O)[C@H](C)[C@H]1O[C@@H]1O[C@H](C)C[C@H](N(C)C)[C@H]1OC(=O)c1ccccc1. The van der Waals surface area contributed by atoms with E-state index in [2.05, 4.69) is 17.6 Å². The standard InChI is InChI=1S/C41H65N3O10/c1-24-21-41(8,49-11)35(53-38-34(32(44(9)10)17-25(2)51-38)52-37(47)29-15-13-12-14-16-29)26(3)33(45)27(4)36(46)50-23-31(42-22-24)20-28-18-30(19-28)43-39(48)54-40(5,6)7/h12-16,24-28,30-32,34-35,38,42H,17-23H2,1-11H3,(H,43,48)/t24-,25-,26+,27?,28?,30?,31-,32+,34-,35-,38+,41-/m1/s1. The maximum absolute atomic E-state index is 14.2. The second-order valence-corrected chi connectivity index (χ2v) is 17.3. The Morgan fingerprint density at radius 3 is 2.31 bits per heavy atom. The zero-order chi connectivity index (χ0) is 40.0. The summed E-state index contributed by atoms with van der Waals surface area (Å²) in [6.45, 7) is 15.5. The first kappa shape index (κ1) is 43.6. The summed E-state index contributed by atoms with van der Waals surface area (Å²) in [5, 5.41) is 6.56. The van der Waals surface area contributed by atoms with Crippen LogP contribution in [0.2, 0.25) is 0 Å². The lowest BCUT2D eigenvalue weighted by atomic mass is 9.76. The zero-order valence-electron chi connectivity index (χ0n) is 34.2. The third-order valence-electron chi connectivity index (χ3n) is 11.0. The van der Waals surface area contributed by atoms with E-state index < -0.39 is 59.6 Å². The summed E-state index contributed by atoms with van der Waals surface area (Å²) in [5.74, 6) is -2.96. The van der Waals surface area contributed by atoms with Crippen LogP contribution in [-0.4, -0.2) is 117 Å². The molecule has 1 aliphatic carbocycles. The molecule has 54 heavy (non-hydrogen) atoms. The highest BCUT2D eigenvalue weighted by molar-refractivity contribution is 6.00. The number of cyclic esters (lactones) is 1. The molecule has 1 aromatic carbocycles. The van der Waals surface area contributed by atoms with E-state index in [1.807, 2.05) is 59.7 Å². The molecule has 2 heterocycles. The molecule has 10 atom stereocenters. The summed E-state index contributed by atoms with van der Waals surface area (Å²) in [4.78, 5) is 55.3. The highest BCUT2D eigenvalue weighted by Crippen LogP contribution is 2.37. The normalized spacial score (nSPS) is 35.7. The number of amides is 1. The van der Waals surface area contributed by atoms with Gasteiger partial charge in [-0.3, -0.25) is 9.59 Å². The molecule has 1 aromatic rings. The van der Waals surface area contributed by atoms with Crippen molar-refractivity contribution < 1.29 is 47.6 Å². The lowest BCUT2D eigenvalue weighted by Crippen LogP contribution is -2.60. The molecule has 0 spiro atoms. The molecule has 1 amide bonds. The molecule has 304 valence electrons. The maximum atomic E-state index is 14.2. The molecular formula is C41H65N3O10. The van der Waals surface area contributed by atoms with E-state index >= 15 is 0 Å². The fraction of sp³-hybridized carbons (Fsp3) is 0.756. The lowest BCUT2D eigenvalue weighted by molar-refractivity contribution is -0.294. The predicted molar refractivity (Wildman–Crippen MR) is 203 cm³/mol. The van der Waals surface area contributed by atoms with Crippen LogP contribution in [-0.2, 0) is 38.0 Å². The summed E-state index contributed by atoms with van der Waals surface area (Å²) in [6.07, 6.45) is 0.0323. The molecule has 13 nitrogen and oxygen atoms in total. The van der Waals surface area contributed by atoms with Crippen molar-refractivity contribution >= 4 is 23.8 Å². The van der Waals surface area contributed by atoms with Crippen molar-refractivity contribution in [3.63, 3.8) is 0 Å². The summed E-state index contributed by atoms with van der Waals surface area (Å²) >= 11 is 0. The van der Waals surface area contributed by atoms with Gasteiger partial charge in [-0.15, -0.1) is 0 Å². The second-order valence-electron chi connectivity index (χ2n) is 17.3. The Bertz CT molecular complexity index is 1410. The monoisotopic (exact) mass is 759 g/mol. The zero-order valence-corrected chi connectivity index (χ0v) is 34.2. The smallest absolute Gasteiger partial charge is 0.407 e. The van der Waals surface area contributed by atoms with E-state index in [4.69, 9.17) is 28.4 Å². The number of carbonyl (C=O) groups excluding carboxylic acids is 4. The predicted octanol–water partition coefficient (Wildman–Crippen LogP) is 5.14. The number of hydrogen-bond acceptors (Lipinski definition) is 12. The maximum Gasteiger partial charge on any atom is 0.407 e. The molecule has 2 aliphatic heterocycles. The highest BCUT2D eigenvalue weighted by atomic mass is 16.7. The molecule has 0 radical (unpaired) electrons. The molecule has 3 fully saturated rings. The fourth-order valence-corrected chi connectivity index (χ4v) is 8.01. The number of ether oxygens (including phenoxy) is 6. The Hall–Kier alpha value is -3.10. The first-order valence-electron chi connectivity index (χ1n) is 19.5. The van der Waals surface area contributed by atoms with Gasteiger partial charge in [0.25, 0.3) is 0 Å². The number of esters is 2. The average molecular weight is 760 g/mol. The number of nitrogens with one attached hydrogen (secondary N) is 2. The minimum Gasteiger partial charge on any atom is -0.463 e. The van der Waals surface area contributed by atoms with E-state index in [1.165, 1.54) is 0 Å². The van der Waals surface area contributed by atoms with Crippen molar-refractivity contribution in [3.05, 3.63) is 35.9 Å². The van der Waals surface area contributed by atoms with Crippen molar-refractivity contribution in [1.29, 1.82) is 0 Å². The van der Waals surface area contributed by atoms with Crippen LogP contribution >= 0.6 is 0 Å². The van der Waals surface area contributed by atoms with Crippen molar-refractivity contribution in [3.8, 4) is 0 Å². The Labute approximate surface area is 321 Å². The molecule has 1 saturated carbocycles. The number of Topliss-reactive ketones (excluding diaryl/α,β-unsaturated/α-hetero) is 1. The van der Waals surface area contributed by atoms with Crippen LogP contribution in [0, 0.1) is 23.7 Å². The summed E-state index contributed by atoms with van der Waals surface area (Å²) in [6, 6.07) is 8.41. The van der Waals surface area contributed by atoms with Crippen LogP contribution in [0.15, 0.2) is 30.3 Å². The molecular weight excluding hydrogens is 694 g/mol. The first-order chi connectivity index (χ1) is 25.3. The summed E-state index contributed by atoms with van der Waals surface area (Å²) in [5.41, 5.74) is -1.17. The molecule has 0 bridgehead atoms. The largest absolute Gasteiger partial charge is 0.463 e. The number of benzene rings is 1. The third kappa shape index (κ3) is 11.7. The quantitative estimate of drug-likeness (QED) is 0.195. The van der Waals surface area contributed by atoms with E-state index in [9.17, 15) is 19.2 Å². The van der Waals surface area contributed by atoms with Gasteiger partial charge < -0.3 is 44.0 Å². The van der Waals surface area contributed by atoms with Gasteiger partial charge in [0, 0.05) is 25.1 Å². The fourth-order valence-electron chi connectivity index (χ4n) is 8.01. The number of rotatable bonds is 9. The van der Waals surface area contributed by atoms with Crippen LogP contribution in [0.25, 0.3) is 0 Å². The van der Waals surface area contributed by atoms with Gasteiger partial charge in [-0.1, -0.05) is 32.0 Å². The van der Waals surface area contributed by atoms with Crippen LogP contribution < -0.4 is 10.6 Å². The minimum atomic E-state index is -1.07. The summed E-state index contributed by atoms with van der Waals surface area (Å²) in [7, 11) is 5.45. The Balaban J connectivity index is 1.54. The van der Waals surface area contributed by atoms with Gasteiger partial charge >= 0.3 is 18.0 Å². The molecule has 2 N–H and O–H groups in total. The average Bonchev–Trinajstić information content (AvgIpc) is 3.09. The number of carbonyl (C=O) groups is 4. The molecule has 0 aromatic heterocycles. The molecule has 1 unspecified atom stereocenters. The molecule has 4 rings (SSSR count). The topological polar surface area (TPSA) is 151 Å². The van der Waals surface area contributed by atoms with Gasteiger partial charge in [0.15, 0.2) is 18.2 Å². The van der Waals surface area contributed by atoms with Gasteiger partial charge in [0.2, 0.25) is 0 Å². The van der Waals surface area contributed by atoms with Crippen molar-refractivity contribution in [1.82, 2.24) is 15.5 Å². The van der Waals surface area contributed by atoms with Gasteiger partial charge in [-0.2, -0.15) is 0 Å². The Morgan fingerprint density at radius 1 is 1.04 bits per heavy atom. The van der Waals surface area contributed by atoms with Crippen LogP contribution in [0.3, 0.4) is 0 Å². The number of ketones is 1. The van der Waals surface area contributed by atoms with E-state index in [-0.39, 0.29) is 42.5 Å². The van der Waals surface area contributed by atoms with Crippen LogP contribution in [0.1, 0.15) is 97.9 Å². The first-order valence-corrected chi connectivity index (χ1v) is 19.5. The van der Waals surface area contributed by atoms with E-state index in [1.54, 1.807) is 45.2 Å². The van der Waals surface area contributed by atoms with Crippen LogP contribution in [0.4, 0.5) is 4.79 Å². The number of methoxy groups -OCH3 is 1. The number of nitrogens with zero attached hydrogens (tertiary/aromatic N) is 1. The third-order valence-corrected chi connectivity index (χ3v) is 11.0. The van der Waals surface area contributed by atoms with Gasteiger partial charge in [-0.25, -0.2) is 9.59 Å². The van der Waals surface area contributed by atoms with Gasteiger partial charge in [-0.05, 0) is 118 Å². The van der Waals surface area contributed by atoms with Crippen molar-refractivity contribution in [2.24, 2.45) is 23.7 Å². The number of hydrogen-bond donors (Lipinski definition) is 2. The van der Waals surface area contributed by atoms with Crippen molar-refractivity contribution in [2.75, 3.05) is 34.4 Å². The Morgan fingerprint density at radius 2 is 1.70 bits per heavy atom. The molecule has 3 aliphatic rings. The Kier molecular flexibility index (Phi) is 15.1. The lowest BCUT2D eigenvalue weighted by Gasteiger charge is -2.47. The highest BCUT2D eigenvalue weighted by Gasteiger charge is 2.50. The number of likely N-dealkylation sites (N-methyl/N-ethyl adjacent to an activating group) is 1. The second kappa shape index (κ2) is 18.7. The number of alkyl carbamates (subject to hydrolysis) is 1. The van der Waals surface area contributed by atoms with Crippen LogP contribution in [0.5, 0.6) is 0 Å². The molecule has 13 heteroatoms.